The molecule has 2 unspecified atom stereocenters. The van der Waals surface area contributed by atoms with Gasteiger partial charge in [0.2, 0.25) is 0 Å². The van der Waals surface area contributed by atoms with Gasteiger partial charge in [-0.1, -0.05) is 60.7 Å². The van der Waals surface area contributed by atoms with Gasteiger partial charge in [0.1, 0.15) is 11.9 Å². The third-order valence-electron chi connectivity index (χ3n) is 4.76. The third-order valence-corrected chi connectivity index (χ3v) is 4.76. The van der Waals surface area contributed by atoms with Crippen LogP contribution in [0.25, 0.3) is 0 Å². The number of nitrogens with zero attached hydrogens (tertiary/aromatic N) is 2. The Hall–Kier alpha value is -2.42. The highest BCUT2D eigenvalue weighted by Gasteiger charge is 2.42. The normalized spacial score (nSPS) is 23.0. The molecule has 1 saturated heterocycles. The molecule has 0 aromatic heterocycles. The average Bonchev–Trinajstić information content (AvgIpc) is 3.11. The number of rotatable bonds is 4. The van der Waals surface area contributed by atoms with Crippen molar-refractivity contribution in [3.05, 3.63) is 71.8 Å². The third kappa shape index (κ3) is 2.79. The van der Waals surface area contributed by atoms with Gasteiger partial charge < -0.3 is 0 Å². The summed E-state index contributed by atoms with van der Waals surface area (Å²) in [6.45, 7) is 0. The Morgan fingerprint density at radius 2 is 1.52 bits per heavy atom. The van der Waals surface area contributed by atoms with E-state index in [9.17, 15) is 4.79 Å². The highest BCUT2D eigenvalue weighted by atomic mass is 16.2. The Bertz CT molecular complexity index is 724. The Morgan fingerprint density at radius 3 is 2.17 bits per heavy atom. The Labute approximate surface area is 136 Å². The highest BCUT2D eigenvalue weighted by Crippen LogP contribution is 2.30. The van der Waals surface area contributed by atoms with Crippen molar-refractivity contribution in [1.82, 2.24) is 4.90 Å². The van der Waals surface area contributed by atoms with Gasteiger partial charge in [-0.05, 0) is 24.0 Å². The molecule has 0 saturated carbocycles. The van der Waals surface area contributed by atoms with E-state index in [4.69, 9.17) is 4.99 Å². The van der Waals surface area contributed by atoms with Gasteiger partial charge in [-0.2, -0.15) is 0 Å². The predicted molar refractivity (Wildman–Crippen MR) is 91.4 cm³/mol. The van der Waals surface area contributed by atoms with E-state index in [0.717, 1.165) is 25.1 Å². The second-order valence-electron chi connectivity index (χ2n) is 6.34. The van der Waals surface area contributed by atoms with Crippen molar-refractivity contribution < 1.29 is 4.79 Å². The largest absolute Gasteiger partial charge is 0.295 e. The molecule has 0 aliphatic carbocycles. The first-order valence-corrected chi connectivity index (χ1v) is 8.29. The van der Waals surface area contributed by atoms with Gasteiger partial charge >= 0.3 is 0 Å². The first-order chi connectivity index (χ1) is 11.3. The fourth-order valence-electron chi connectivity index (χ4n) is 3.64. The molecule has 23 heavy (non-hydrogen) atoms. The minimum atomic E-state index is -0.231. The fraction of sp³-hybridized carbons (Fsp3) is 0.300. The molecular formula is C20H20N2O. The van der Waals surface area contributed by atoms with Crippen molar-refractivity contribution in [2.45, 2.75) is 37.8 Å². The standard InChI is InChI=1S/C20H20N2O/c23-20-18(14-16-9-5-2-6-10-16)21-19-12-11-17(22(19)20)13-15-7-3-1-4-8-15/h1-10,17-18H,11-14H2. The van der Waals surface area contributed by atoms with Gasteiger partial charge in [-0.25, -0.2) is 0 Å². The second kappa shape index (κ2) is 5.99. The maximum atomic E-state index is 12.8. The molecule has 0 N–H and O–H groups in total. The number of benzene rings is 2. The molecule has 3 heteroatoms. The zero-order valence-corrected chi connectivity index (χ0v) is 13.1. The summed E-state index contributed by atoms with van der Waals surface area (Å²) in [6.07, 6.45) is 3.58. The lowest BCUT2D eigenvalue weighted by atomic mass is 10.0. The first kappa shape index (κ1) is 14.2. The average molecular weight is 304 g/mol. The number of hydrogen-bond donors (Lipinski definition) is 0. The molecule has 2 atom stereocenters. The van der Waals surface area contributed by atoms with Crippen LogP contribution in [0.15, 0.2) is 65.7 Å². The quantitative estimate of drug-likeness (QED) is 0.853. The molecule has 2 aliphatic heterocycles. The summed E-state index contributed by atoms with van der Waals surface area (Å²) in [7, 11) is 0. The van der Waals surface area contributed by atoms with Gasteiger partial charge in [0.15, 0.2) is 0 Å². The molecule has 0 spiro atoms. The van der Waals surface area contributed by atoms with E-state index in [1.165, 1.54) is 11.1 Å². The van der Waals surface area contributed by atoms with E-state index in [-0.39, 0.29) is 18.0 Å². The van der Waals surface area contributed by atoms with E-state index in [1.807, 2.05) is 29.2 Å². The molecule has 3 nitrogen and oxygen atoms in total. The summed E-state index contributed by atoms with van der Waals surface area (Å²) in [4.78, 5) is 19.5. The molecule has 2 aromatic rings. The summed E-state index contributed by atoms with van der Waals surface area (Å²) >= 11 is 0. The maximum absolute atomic E-state index is 12.8. The van der Waals surface area contributed by atoms with Crippen LogP contribution < -0.4 is 0 Å². The van der Waals surface area contributed by atoms with Gasteiger partial charge in [-0.15, -0.1) is 0 Å². The minimum absolute atomic E-state index is 0.183. The highest BCUT2D eigenvalue weighted by molar-refractivity contribution is 6.07. The SMILES string of the molecule is O=C1C(Cc2ccccc2)N=C2CCC(Cc3ccccc3)N12. The number of amides is 1. The molecule has 1 amide bonds. The Morgan fingerprint density at radius 1 is 0.913 bits per heavy atom. The molecule has 2 heterocycles. The van der Waals surface area contributed by atoms with Crippen LogP contribution in [0.3, 0.4) is 0 Å². The van der Waals surface area contributed by atoms with E-state index < -0.39 is 0 Å². The molecule has 116 valence electrons. The Kier molecular flexibility index (Phi) is 3.70. The Balaban J connectivity index is 1.49. The minimum Gasteiger partial charge on any atom is -0.295 e. The maximum Gasteiger partial charge on any atom is 0.253 e. The monoisotopic (exact) mass is 304 g/mol. The van der Waals surface area contributed by atoms with Crippen molar-refractivity contribution in [2.24, 2.45) is 4.99 Å². The van der Waals surface area contributed by atoms with Crippen molar-refractivity contribution >= 4 is 11.7 Å². The zero-order valence-electron chi connectivity index (χ0n) is 13.1. The predicted octanol–water partition coefficient (Wildman–Crippen LogP) is 3.24. The lowest BCUT2D eigenvalue weighted by Crippen LogP contribution is -2.39. The lowest BCUT2D eigenvalue weighted by Gasteiger charge is -2.22. The molecule has 0 radical (unpaired) electrons. The number of carbonyl (C=O) groups is 1. The lowest BCUT2D eigenvalue weighted by molar-refractivity contribution is -0.128. The number of hydrogen-bond acceptors (Lipinski definition) is 2. The number of aliphatic imine (C=N–C) groups is 1. The van der Waals surface area contributed by atoms with Gasteiger partial charge in [0.05, 0.1) is 0 Å². The molecule has 4 rings (SSSR count). The number of amidine groups is 1. The van der Waals surface area contributed by atoms with E-state index in [1.54, 1.807) is 0 Å². The number of fused-ring (bicyclic) bond motifs is 1. The topological polar surface area (TPSA) is 32.7 Å². The van der Waals surface area contributed by atoms with E-state index in [2.05, 4.69) is 36.4 Å². The van der Waals surface area contributed by atoms with Crippen molar-refractivity contribution in [1.29, 1.82) is 0 Å². The van der Waals surface area contributed by atoms with Crippen LogP contribution >= 0.6 is 0 Å². The molecule has 0 bridgehead atoms. The van der Waals surface area contributed by atoms with Gasteiger partial charge in [0, 0.05) is 18.9 Å². The van der Waals surface area contributed by atoms with Crippen LogP contribution in [0.2, 0.25) is 0 Å². The van der Waals surface area contributed by atoms with Crippen LogP contribution in [0.5, 0.6) is 0 Å². The molecule has 2 aliphatic rings. The van der Waals surface area contributed by atoms with E-state index in [0.29, 0.717) is 6.42 Å². The van der Waals surface area contributed by atoms with E-state index >= 15 is 0 Å². The van der Waals surface area contributed by atoms with Crippen molar-refractivity contribution in [3.63, 3.8) is 0 Å². The van der Waals surface area contributed by atoms with Crippen molar-refractivity contribution in [3.8, 4) is 0 Å². The molecular weight excluding hydrogens is 284 g/mol. The fourth-order valence-corrected chi connectivity index (χ4v) is 3.64. The van der Waals surface area contributed by atoms with Gasteiger partial charge in [-0.3, -0.25) is 14.7 Å². The smallest absolute Gasteiger partial charge is 0.253 e. The summed E-state index contributed by atoms with van der Waals surface area (Å²) in [6, 6.07) is 20.6. The van der Waals surface area contributed by atoms with Crippen LogP contribution in [0.1, 0.15) is 24.0 Å². The first-order valence-electron chi connectivity index (χ1n) is 8.29. The van der Waals surface area contributed by atoms with Crippen LogP contribution in [-0.4, -0.2) is 28.7 Å². The molecule has 2 aromatic carbocycles. The summed E-state index contributed by atoms with van der Waals surface area (Å²) in [5.41, 5.74) is 2.47. The van der Waals surface area contributed by atoms with Gasteiger partial charge in [0.25, 0.3) is 5.91 Å². The zero-order chi connectivity index (χ0) is 15.6. The van der Waals surface area contributed by atoms with Crippen LogP contribution in [0.4, 0.5) is 0 Å². The number of carbonyl (C=O) groups excluding carboxylic acids is 1. The van der Waals surface area contributed by atoms with Crippen LogP contribution in [-0.2, 0) is 17.6 Å². The summed E-state index contributed by atoms with van der Waals surface area (Å²) < 4.78 is 0. The molecule has 1 fully saturated rings. The second-order valence-corrected chi connectivity index (χ2v) is 6.34. The summed E-state index contributed by atoms with van der Waals surface area (Å²) in [5, 5.41) is 0. The van der Waals surface area contributed by atoms with Crippen molar-refractivity contribution in [2.75, 3.05) is 0 Å². The summed E-state index contributed by atoms with van der Waals surface area (Å²) in [5.74, 6) is 1.18. The van der Waals surface area contributed by atoms with Crippen LogP contribution in [0, 0.1) is 0 Å².